The fourth-order valence-electron chi connectivity index (χ4n) is 4.20. The van der Waals surface area contributed by atoms with Crippen LogP contribution in [0.3, 0.4) is 0 Å². The van der Waals surface area contributed by atoms with Gasteiger partial charge in [-0.05, 0) is 31.0 Å². The lowest BCUT2D eigenvalue weighted by atomic mass is 9.84. The molecule has 2 heterocycles. The zero-order valence-electron chi connectivity index (χ0n) is 20.7. The van der Waals surface area contributed by atoms with Crippen molar-refractivity contribution in [2.24, 2.45) is 5.73 Å². The van der Waals surface area contributed by atoms with Gasteiger partial charge in [0.25, 0.3) is 5.70 Å². The van der Waals surface area contributed by atoms with E-state index in [1.807, 2.05) is 18.7 Å². The molecule has 0 bridgehead atoms. The Morgan fingerprint density at radius 3 is 2.58 bits per heavy atom. The predicted molar refractivity (Wildman–Crippen MR) is 135 cm³/mol. The number of nitrogens with two attached hydrogens (primary N) is 1. The zero-order chi connectivity index (χ0) is 26.4. The summed E-state index contributed by atoms with van der Waals surface area (Å²) in [7, 11) is 3.07. The lowest BCUT2D eigenvalue weighted by molar-refractivity contribution is -0.433. The Bertz CT molecular complexity index is 1180. The van der Waals surface area contributed by atoms with Crippen molar-refractivity contribution in [2.75, 3.05) is 27.3 Å². The lowest BCUT2D eigenvalue weighted by Gasteiger charge is -2.38. The molecule has 0 saturated heterocycles. The minimum absolute atomic E-state index is 0.00453. The van der Waals surface area contributed by atoms with Crippen LogP contribution in [0.25, 0.3) is 0 Å². The number of ether oxygens (including phenoxy) is 2. The van der Waals surface area contributed by atoms with Gasteiger partial charge in [0.2, 0.25) is 0 Å². The normalized spacial score (nSPS) is 15.7. The van der Waals surface area contributed by atoms with E-state index in [-0.39, 0.29) is 29.5 Å². The Kier molecular flexibility index (Phi) is 8.76. The molecule has 2 aromatic rings. The van der Waals surface area contributed by atoms with Crippen LogP contribution in [0, 0.1) is 10.1 Å². The zero-order valence-corrected chi connectivity index (χ0v) is 21.5. The fraction of sp³-hybridized carbons (Fsp3) is 0.360. The molecule has 0 fully saturated rings. The molecule has 1 aliphatic heterocycles. The number of hydrogen-bond donors (Lipinski definition) is 1. The van der Waals surface area contributed by atoms with Crippen molar-refractivity contribution in [3.05, 3.63) is 91.9 Å². The van der Waals surface area contributed by atoms with E-state index < -0.39 is 16.8 Å². The van der Waals surface area contributed by atoms with Crippen molar-refractivity contribution in [2.45, 2.75) is 32.7 Å². The number of allylic oxidation sites excluding steroid dienone is 1. The van der Waals surface area contributed by atoms with E-state index in [0.717, 1.165) is 5.56 Å². The Labute approximate surface area is 215 Å². The second-order valence-electron chi connectivity index (χ2n) is 8.14. The monoisotopic (exact) mass is 515 g/mol. The average Bonchev–Trinajstić information content (AvgIpc) is 2.88. The first-order chi connectivity index (χ1) is 17.2. The Balaban J connectivity index is 2.26. The lowest BCUT2D eigenvalue weighted by Crippen LogP contribution is -2.43. The van der Waals surface area contributed by atoms with Gasteiger partial charge >= 0.3 is 5.97 Å². The molecule has 1 aromatic heterocycles. The molecule has 0 aliphatic carbocycles. The number of esters is 1. The third kappa shape index (κ3) is 5.38. The van der Waals surface area contributed by atoms with E-state index in [1.165, 1.54) is 12.0 Å². The van der Waals surface area contributed by atoms with Gasteiger partial charge in [-0.3, -0.25) is 10.1 Å². The summed E-state index contributed by atoms with van der Waals surface area (Å²) in [6.07, 6.45) is 2.21. The van der Waals surface area contributed by atoms with Crippen LogP contribution < -0.4 is 10.5 Å². The van der Waals surface area contributed by atoms with Crippen LogP contribution in [0.1, 0.15) is 37.3 Å². The Hall–Kier alpha value is -3.79. The van der Waals surface area contributed by atoms with Crippen molar-refractivity contribution in [1.29, 1.82) is 0 Å². The maximum Gasteiger partial charge on any atom is 0.338 e. The van der Waals surface area contributed by atoms with Crippen LogP contribution in [-0.2, 0) is 16.1 Å². The number of para-hydroxylation sites is 1. The van der Waals surface area contributed by atoms with Gasteiger partial charge in [0.1, 0.15) is 22.6 Å². The number of rotatable bonds is 10. The standard InChI is InChI=1S/C25H30ClN5O5/c1-5-13-36-25(32)21-20(17-9-7-8-10-18(17)35-4)22(31(33)34)24(29(3)23(21)27)30(6-2)15-16-11-12-19(26)28-14-16/h7-12,14,20H,5-6,13,15,27H2,1-4H3. The van der Waals surface area contributed by atoms with Gasteiger partial charge < -0.3 is 25.0 Å². The molecular weight excluding hydrogens is 486 g/mol. The number of halogens is 1. The molecule has 36 heavy (non-hydrogen) atoms. The quantitative estimate of drug-likeness (QED) is 0.217. The summed E-state index contributed by atoms with van der Waals surface area (Å²) in [6, 6.07) is 10.3. The molecule has 0 spiro atoms. The highest BCUT2D eigenvalue weighted by atomic mass is 35.5. The van der Waals surface area contributed by atoms with Gasteiger partial charge in [-0.15, -0.1) is 0 Å². The SMILES string of the molecule is CCCOC(=O)C1=C(N)N(C)C(N(CC)Cc2ccc(Cl)nc2)=C([N+](=O)[O-])C1c1ccccc1OC. The molecule has 11 heteroatoms. The summed E-state index contributed by atoms with van der Waals surface area (Å²) >= 11 is 5.93. The van der Waals surface area contributed by atoms with Gasteiger partial charge in [0, 0.05) is 31.9 Å². The molecule has 0 amide bonds. The first-order valence-corrected chi connectivity index (χ1v) is 11.9. The van der Waals surface area contributed by atoms with E-state index in [0.29, 0.717) is 36.0 Å². The summed E-state index contributed by atoms with van der Waals surface area (Å²) in [4.78, 5) is 32.9. The Morgan fingerprint density at radius 2 is 2.00 bits per heavy atom. The van der Waals surface area contributed by atoms with Gasteiger partial charge in [0.05, 0.1) is 24.2 Å². The number of carbonyl (C=O) groups excluding carboxylic acids is 1. The number of benzene rings is 1. The molecular formula is C25H30ClN5O5. The summed E-state index contributed by atoms with van der Waals surface area (Å²) < 4.78 is 10.9. The number of aromatic nitrogens is 1. The molecule has 0 saturated carbocycles. The summed E-state index contributed by atoms with van der Waals surface area (Å²) in [5, 5.41) is 13.1. The number of carbonyl (C=O) groups is 1. The largest absolute Gasteiger partial charge is 0.496 e. The number of nitro groups is 1. The van der Waals surface area contributed by atoms with Crippen LogP contribution in [0.15, 0.2) is 65.5 Å². The van der Waals surface area contributed by atoms with Crippen molar-refractivity contribution in [1.82, 2.24) is 14.8 Å². The maximum atomic E-state index is 13.2. The van der Waals surface area contributed by atoms with E-state index in [2.05, 4.69) is 4.98 Å². The van der Waals surface area contributed by atoms with E-state index >= 15 is 0 Å². The average molecular weight is 516 g/mol. The molecule has 2 N–H and O–H groups in total. The van der Waals surface area contributed by atoms with Crippen LogP contribution in [-0.4, -0.2) is 53.0 Å². The third-order valence-corrected chi connectivity index (χ3v) is 6.12. The summed E-state index contributed by atoms with van der Waals surface area (Å²) in [5.41, 5.74) is 7.55. The number of pyridine rings is 1. The predicted octanol–water partition coefficient (Wildman–Crippen LogP) is 3.86. The number of nitrogens with zero attached hydrogens (tertiary/aromatic N) is 4. The summed E-state index contributed by atoms with van der Waals surface area (Å²) in [6.45, 7) is 4.62. The van der Waals surface area contributed by atoms with Crippen molar-refractivity contribution in [3.8, 4) is 5.75 Å². The number of methoxy groups -OCH3 is 1. The molecule has 1 aliphatic rings. The smallest absolute Gasteiger partial charge is 0.338 e. The molecule has 1 unspecified atom stereocenters. The minimum Gasteiger partial charge on any atom is -0.496 e. The minimum atomic E-state index is -1.12. The highest BCUT2D eigenvalue weighted by Gasteiger charge is 2.47. The molecule has 0 radical (unpaired) electrons. The van der Waals surface area contributed by atoms with Crippen LogP contribution >= 0.6 is 11.6 Å². The van der Waals surface area contributed by atoms with E-state index in [4.69, 9.17) is 26.8 Å². The van der Waals surface area contributed by atoms with Crippen LogP contribution in [0.2, 0.25) is 5.15 Å². The van der Waals surface area contributed by atoms with E-state index in [9.17, 15) is 14.9 Å². The van der Waals surface area contributed by atoms with Crippen molar-refractivity contribution >= 4 is 17.6 Å². The molecule has 1 aromatic carbocycles. The topological polar surface area (TPSA) is 124 Å². The van der Waals surface area contributed by atoms with Crippen LogP contribution in [0.5, 0.6) is 5.75 Å². The fourth-order valence-corrected chi connectivity index (χ4v) is 4.31. The first kappa shape index (κ1) is 26.8. The first-order valence-electron chi connectivity index (χ1n) is 11.5. The highest BCUT2D eigenvalue weighted by Crippen LogP contribution is 2.44. The molecule has 10 nitrogen and oxygen atoms in total. The van der Waals surface area contributed by atoms with Crippen molar-refractivity contribution in [3.63, 3.8) is 0 Å². The van der Waals surface area contributed by atoms with Crippen LogP contribution in [0.4, 0.5) is 0 Å². The second kappa shape index (κ2) is 11.8. The number of hydrogen-bond acceptors (Lipinski definition) is 9. The molecule has 192 valence electrons. The van der Waals surface area contributed by atoms with Gasteiger partial charge in [-0.25, -0.2) is 9.78 Å². The van der Waals surface area contributed by atoms with Gasteiger partial charge in [0.15, 0.2) is 5.82 Å². The van der Waals surface area contributed by atoms with E-state index in [1.54, 1.807) is 49.6 Å². The Morgan fingerprint density at radius 1 is 1.28 bits per heavy atom. The molecule has 1 atom stereocenters. The van der Waals surface area contributed by atoms with Gasteiger partial charge in [-0.1, -0.05) is 42.8 Å². The van der Waals surface area contributed by atoms with Crippen molar-refractivity contribution < 1.29 is 19.2 Å². The van der Waals surface area contributed by atoms with Gasteiger partial charge in [-0.2, -0.15) is 0 Å². The molecule has 3 rings (SSSR count). The third-order valence-electron chi connectivity index (χ3n) is 5.89. The highest BCUT2D eigenvalue weighted by molar-refractivity contribution is 6.29. The maximum absolute atomic E-state index is 13.2. The summed E-state index contributed by atoms with van der Waals surface area (Å²) in [5.74, 6) is -1.10. The second-order valence-corrected chi connectivity index (χ2v) is 8.53.